The molecule has 1 atom stereocenters. The van der Waals surface area contributed by atoms with Gasteiger partial charge in [-0.05, 0) is 60.9 Å². The number of benzene rings is 1. The molecule has 0 aliphatic heterocycles. The Hall–Kier alpha value is -2.80. The predicted octanol–water partition coefficient (Wildman–Crippen LogP) is 4.38. The number of nitrogen functional groups attached to an aromatic ring is 1. The topological polar surface area (TPSA) is 86.5 Å². The highest BCUT2D eigenvalue weighted by molar-refractivity contribution is 7.21. The second-order valence-corrected chi connectivity index (χ2v) is 9.00. The number of ether oxygens (including phenoxy) is 2. The van der Waals surface area contributed by atoms with E-state index in [4.69, 9.17) is 20.2 Å². The standard InChI is InChI=1S/C24H29N3O3S/c1-4-14-5-7-18-16(11-14)13-17-21(25)22(31-24(17)27-18)23(28)26-10-9-15-6-8-19(29-2)20(12-15)30-3/h6,8,12-14H,4-5,7,9-11,25H2,1-3H3,(H,26,28). The number of carbonyl (C=O) groups is 1. The fourth-order valence-corrected chi connectivity index (χ4v) is 5.23. The van der Waals surface area contributed by atoms with Crippen molar-refractivity contribution in [2.24, 2.45) is 5.92 Å². The summed E-state index contributed by atoms with van der Waals surface area (Å²) in [4.78, 5) is 19.1. The number of nitrogens with two attached hydrogens (primary N) is 1. The van der Waals surface area contributed by atoms with Crippen molar-refractivity contribution in [1.29, 1.82) is 0 Å². The molecule has 0 saturated carbocycles. The van der Waals surface area contributed by atoms with Crippen molar-refractivity contribution < 1.29 is 14.3 Å². The average Bonchev–Trinajstić information content (AvgIpc) is 3.12. The van der Waals surface area contributed by atoms with Crippen molar-refractivity contribution in [1.82, 2.24) is 10.3 Å². The van der Waals surface area contributed by atoms with E-state index in [-0.39, 0.29) is 5.91 Å². The first-order valence-corrected chi connectivity index (χ1v) is 11.6. The number of fused-ring (bicyclic) bond motifs is 2. The number of nitrogens with one attached hydrogen (secondary N) is 1. The monoisotopic (exact) mass is 439 g/mol. The zero-order chi connectivity index (χ0) is 22.0. The molecule has 2 heterocycles. The maximum Gasteiger partial charge on any atom is 0.263 e. The fraction of sp³-hybridized carbons (Fsp3) is 0.417. The number of hydrogen-bond acceptors (Lipinski definition) is 6. The third-order valence-electron chi connectivity index (χ3n) is 6.12. The zero-order valence-electron chi connectivity index (χ0n) is 18.3. The summed E-state index contributed by atoms with van der Waals surface area (Å²) in [5.74, 6) is 1.94. The van der Waals surface area contributed by atoms with Crippen LogP contribution in [0.3, 0.4) is 0 Å². The van der Waals surface area contributed by atoms with Crippen LogP contribution >= 0.6 is 11.3 Å². The Morgan fingerprint density at radius 1 is 1.26 bits per heavy atom. The minimum absolute atomic E-state index is 0.148. The van der Waals surface area contributed by atoms with Crippen LogP contribution < -0.4 is 20.5 Å². The van der Waals surface area contributed by atoms with Gasteiger partial charge in [-0.1, -0.05) is 19.4 Å². The molecule has 31 heavy (non-hydrogen) atoms. The van der Waals surface area contributed by atoms with Crippen LogP contribution in [0.15, 0.2) is 24.3 Å². The van der Waals surface area contributed by atoms with Gasteiger partial charge < -0.3 is 20.5 Å². The molecule has 3 aromatic rings. The number of aromatic nitrogens is 1. The number of pyridine rings is 1. The number of anilines is 1. The molecular formula is C24H29N3O3S. The summed E-state index contributed by atoms with van der Waals surface area (Å²) in [6.07, 6.45) is 5.11. The van der Waals surface area contributed by atoms with E-state index in [2.05, 4.69) is 18.3 Å². The summed E-state index contributed by atoms with van der Waals surface area (Å²) >= 11 is 1.38. The lowest BCUT2D eigenvalue weighted by Crippen LogP contribution is -2.25. The molecule has 1 amide bonds. The SMILES string of the molecule is CCC1CCc2nc3sc(C(=O)NCCc4ccc(OC)c(OC)c4)c(N)c3cc2C1. The Labute approximate surface area is 186 Å². The van der Waals surface area contributed by atoms with Gasteiger partial charge >= 0.3 is 0 Å². The summed E-state index contributed by atoms with van der Waals surface area (Å²) in [7, 11) is 3.22. The van der Waals surface area contributed by atoms with Crippen molar-refractivity contribution in [2.45, 2.75) is 39.0 Å². The van der Waals surface area contributed by atoms with Crippen molar-refractivity contribution in [3.63, 3.8) is 0 Å². The molecule has 0 bridgehead atoms. The number of amides is 1. The second-order valence-electron chi connectivity index (χ2n) is 8.00. The third kappa shape index (κ3) is 4.32. The Morgan fingerprint density at radius 3 is 2.81 bits per heavy atom. The van der Waals surface area contributed by atoms with Gasteiger partial charge in [0.1, 0.15) is 9.71 Å². The smallest absolute Gasteiger partial charge is 0.263 e. The van der Waals surface area contributed by atoms with E-state index in [9.17, 15) is 4.79 Å². The maximum atomic E-state index is 12.8. The summed E-state index contributed by atoms with van der Waals surface area (Å²) in [5.41, 5.74) is 10.4. The van der Waals surface area contributed by atoms with Crippen molar-refractivity contribution in [2.75, 3.05) is 26.5 Å². The third-order valence-corrected chi connectivity index (χ3v) is 7.23. The normalized spacial score (nSPS) is 15.5. The summed E-state index contributed by atoms with van der Waals surface area (Å²) < 4.78 is 10.6. The number of aryl methyl sites for hydroxylation is 1. The highest BCUT2D eigenvalue weighted by Gasteiger charge is 2.23. The fourth-order valence-electron chi connectivity index (χ4n) is 4.22. The van der Waals surface area contributed by atoms with Crippen LogP contribution in [-0.4, -0.2) is 31.7 Å². The minimum atomic E-state index is -0.148. The number of thiophene rings is 1. The molecule has 1 aromatic carbocycles. The average molecular weight is 440 g/mol. The van der Waals surface area contributed by atoms with Crippen molar-refractivity contribution in [3.05, 3.63) is 46.0 Å². The molecule has 0 saturated heterocycles. The predicted molar refractivity (Wildman–Crippen MR) is 125 cm³/mol. The van der Waals surface area contributed by atoms with E-state index in [1.807, 2.05) is 18.2 Å². The van der Waals surface area contributed by atoms with Gasteiger partial charge in [-0.15, -0.1) is 11.3 Å². The summed E-state index contributed by atoms with van der Waals surface area (Å²) in [5, 5.41) is 3.90. The quantitative estimate of drug-likeness (QED) is 0.570. The largest absolute Gasteiger partial charge is 0.493 e. The van der Waals surface area contributed by atoms with E-state index in [1.54, 1.807) is 14.2 Å². The van der Waals surface area contributed by atoms with Gasteiger partial charge in [0.15, 0.2) is 11.5 Å². The molecule has 2 aromatic heterocycles. The molecule has 0 fully saturated rings. The van der Waals surface area contributed by atoms with Crippen LogP contribution in [0.4, 0.5) is 5.69 Å². The van der Waals surface area contributed by atoms with E-state index < -0.39 is 0 Å². The van der Waals surface area contributed by atoms with Crippen LogP contribution in [0.1, 0.15) is 46.3 Å². The lowest BCUT2D eigenvalue weighted by Gasteiger charge is -2.22. The van der Waals surface area contributed by atoms with Crippen LogP contribution in [-0.2, 0) is 19.3 Å². The molecule has 7 heteroatoms. The van der Waals surface area contributed by atoms with E-state index >= 15 is 0 Å². The van der Waals surface area contributed by atoms with Crippen LogP contribution in [0, 0.1) is 5.92 Å². The van der Waals surface area contributed by atoms with Gasteiger partial charge in [0.2, 0.25) is 0 Å². The number of rotatable bonds is 7. The van der Waals surface area contributed by atoms with E-state index in [0.717, 1.165) is 28.6 Å². The molecular weight excluding hydrogens is 410 g/mol. The summed E-state index contributed by atoms with van der Waals surface area (Å²) in [6.45, 7) is 2.75. The molecule has 6 nitrogen and oxygen atoms in total. The number of methoxy groups -OCH3 is 2. The molecule has 164 valence electrons. The van der Waals surface area contributed by atoms with Gasteiger partial charge in [0, 0.05) is 17.6 Å². The summed E-state index contributed by atoms with van der Waals surface area (Å²) in [6, 6.07) is 7.93. The van der Waals surface area contributed by atoms with Gasteiger partial charge in [0.05, 0.1) is 19.9 Å². The first-order valence-electron chi connectivity index (χ1n) is 10.7. The molecule has 1 unspecified atom stereocenters. The van der Waals surface area contributed by atoms with Gasteiger partial charge in [0.25, 0.3) is 5.91 Å². The van der Waals surface area contributed by atoms with Gasteiger partial charge in [-0.25, -0.2) is 4.98 Å². The Balaban J connectivity index is 1.46. The molecule has 3 N–H and O–H groups in total. The Morgan fingerprint density at radius 2 is 2.06 bits per heavy atom. The highest BCUT2D eigenvalue weighted by Crippen LogP contribution is 2.36. The molecule has 0 radical (unpaired) electrons. The van der Waals surface area contributed by atoms with Crippen LogP contribution in [0.2, 0.25) is 0 Å². The van der Waals surface area contributed by atoms with Gasteiger partial charge in [-0.2, -0.15) is 0 Å². The number of nitrogens with zero attached hydrogens (tertiary/aromatic N) is 1. The Kier molecular flexibility index (Phi) is 6.32. The van der Waals surface area contributed by atoms with Crippen molar-refractivity contribution >= 4 is 33.1 Å². The second kappa shape index (κ2) is 9.14. The van der Waals surface area contributed by atoms with Crippen LogP contribution in [0.5, 0.6) is 11.5 Å². The Bertz CT molecular complexity index is 1110. The number of hydrogen-bond donors (Lipinski definition) is 2. The number of carbonyl (C=O) groups excluding carboxylic acids is 1. The lowest BCUT2D eigenvalue weighted by molar-refractivity contribution is 0.0959. The van der Waals surface area contributed by atoms with E-state index in [1.165, 1.54) is 35.4 Å². The minimum Gasteiger partial charge on any atom is -0.493 e. The van der Waals surface area contributed by atoms with Gasteiger partial charge in [-0.3, -0.25) is 4.79 Å². The first-order chi connectivity index (χ1) is 15.0. The van der Waals surface area contributed by atoms with Crippen molar-refractivity contribution in [3.8, 4) is 11.5 Å². The molecule has 0 spiro atoms. The highest BCUT2D eigenvalue weighted by atomic mass is 32.1. The maximum absolute atomic E-state index is 12.8. The molecule has 4 rings (SSSR count). The molecule has 1 aliphatic rings. The van der Waals surface area contributed by atoms with Crippen LogP contribution in [0.25, 0.3) is 10.2 Å². The van der Waals surface area contributed by atoms with E-state index in [0.29, 0.717) is 40.9 Å². The zero-order valence-corrected chi connectivity index (χ0v) is 19.1. The first kappa shape index (κ1) is 21.4. The lowest BCUT2D eigenvalue weighted by atomic mass is 9.85. The molecule has 1 aliphatic carbocycles.